The predicted octanol–water partition coefficient (Wildman–Crippen LogP) is 2.10. The molecule has 0 heterocycles. The zero-order chi connectivity index (χ0) is 4.12. The summed E-state index contributed by atoms with van der Waals surface area (Å²) in [5.41, 5.74) is 5.95. The van der Waals surface area contributed by atoms with Gasteiger partial charge in [0.15, 0.2) is 0 Å². The Balaban J connectivity index is 0. The first-order valence-electron chi connectivity index (χ1n) is 1.11. The molecule has 0 nitrogen and oxygen atoms in total. The molecule has 0 atom stereocenters. The van der Waals surface area contributed by atoms with Crippen molar-refractivity contribution in [3.05, 3.63) is 23.6 Å². The molecule has 0 aromatic carbocycles. The molecule has 0 aliphatic heterocycles. The summed E-state index contributed by atoms with van der Waals surface area (Å²) >= 11 is 4.96. The second-order valence-corrected chi connectivity index (χ2v) is 0.648. The van der Waals surface area contributed by atoms with Crippen LogP contribution < -0.4 is 0 Å². The van der Waals surface area contributed by atoms with Gasteiger partial charge in [0.2, 0.25) is 0 Å². The van der Waals surface area contributed by atoms with Gasteiger partial charge < -0.3 is 0 Å². The third kappa shape index (κ3) is 9.11. The predicted molar refractivity (Wildman–Crippen MR) is 30.3 cm³/mol. The summed E-state index contributed by atoms with van der Waals surface area (Å²) in [4.78, 5) is 0. The topological polar surface area (TPSA) is 0 Å². The van der Waals surface area contributed by atoms with E-state index in [0.29, 0.717) is 0 Å². The molecule has 0 aromatic heterocycles. The molecule has 0 radical (unpaired) electrons. The van der Waals surface area contributed by atoms with E-state index < -0.39 is 0 Å². The fourth-order valence-electron chi connectivity index (χ4n) is 0.0386. The molecule has 0 bridgehead atoms. The highest BCUT2D eigenvalue weighted by molar-refractivity contribution is 6.25. The van der Waals surface area contributed by atoms with Gasteiger partial charge in [0.05, 0.1) is 5.54 Å². The minimum atomic E-state index is 0. The standard InChI is InChI=1S/C4H3Cl.ClH/c1-2-3-4-5;/h4H,1H2;1H. The maximum atomic E-state index is 4.96. The number of hydrogen-bond acceptors (Lipinski definition) is 0. The van der Waals surface area contributed by atoms with Crippen molar-refractivity contribution in [1.29, 1.82) is 0 Å². The van der Waals surface area contributed by atoms with E-state index >= 15 is 0 Å². The monoisotopic (exact) mass is 122 g/mol. The van der Waals surface area contributed by atoms with Gasteiger partial charge in [-0.3, -0.25) is 0 Å². The van der Waals surface area contributed by atoms with Crippen LogP contribution in [-0.2, 0) is 0 Å². The lowest BCUT2D eigenvalue weighted by Crippen LogP contribution is -1.11. The van der Waals surface area contributed by atoms with Crippen molar-refractivity contribution in [2.45, 2.75) is 0 Å². The maximum Gasteiger partial charge on any atom is 0.0546 e. The van der Waals surface area contributed by atoms with E-state index in [4.69, 9.17) is 11.6 Å². The molecule has 6 heavy (non-hydrogen) atoms. The Bertz CT molecular complexity index is 83.7. The van der Waals surface area contributed by atoms with Gasteiger partial charge in [-0.05, 0) is 6.58 Å². The number of rotatable bonds is 0. The summed E-state index contributed by atoms with van der Waals surface area (Å²) in [6, 6.07) is 0. The van der Waals surface area contributed by atoms with E-state index in [0.717, 1.165) is 0 Å². The number of halogens is 2. The minimum Gasteiger partial charge on any atom is -0.147 e. The fourth-order valence-corrected chi connectivity index (χ4v) is 0.116. The van der Waals surface area contributed by atoms with E-state index in [1.165, 1.54) is 5.54 Å². The first kappa shape index (κ1) is 9.30. The summed E-state index contributed by atoms with van der Waals surface area (Å²) in [7, 11) is 0. The fraction of sp³-hybridized carbons (Fsp3) is 0. The summed E-state index contributed by atoms with van der Waals surface area (Å²) in [5.74, 6) is 0. The number of hydrogen-bond donors (Lipinski definition) is 0. The van der Waals surface area contributed by atoms with Crippen LogP contribution in [0.25, 0.3) is 0 Å². The highest BCUT2D eigenvalue weighted by Gasteiger charge is 1.32. The van der Waals surface area contributed by atoms with Crippen LogP contribution in [0.4, 0.5) is 0 Å². The molecule has 0 fully saturated rings. The van der Waals surface area contributed by atoms with Crippen LogP contribution in [0, 0.1) is 0 Å². The van der Waals surface area contributed by atoms with E-state index in [1.807, 2.05) is 0 Å². The summed E-state index contributed by atoms with van der Waals surface area (Å²) < 4.78 is 0. The zero-order valence-corrected chi connectivity index (χ0v) is 4.64. The van der Waals surface area contributed by atoms with Gasteiger partial charge in [-0.2, -0.15) is 0 Å². The van der Waals surface area contributed by atoms with E-state index in [1.54, 1.807) is 0 Å². The van der Waals surface area contributed by atoms with Crippen molar-refractivity contribution in [3.8, 4) is 0 Å². The van der Waals surface area contributed by atoms with Crippen molar-refractivity contribution < 1.29 is 0 Å². The van der Waals surface area contributed by atoms with Gasteiger partial charge in [-0.25, -0.2) is 0 Å². The molecule has 0 saturated heterocycles. The second kappa shape index (κ2) is 8.86. The van der Waals surface area contributed by atoms with Gasteiger partial charge in [0, 0.05) is 0 Å². The highest BCUT2D eigenvalue weighted by Crippen LogP contribution is 1.66. The average molecular weight is 123 g/mol. The van der Waals surface area contributed by atoms with Crippen molar-refractivity contribution >= 4 is 24.0 Å². The average Bonchev–Trinajstić information content (AvgIpc) is 1.41. The van der Waals surface area contributed by atoms with Crippen LogP contribution in [0.1, 0.15) is 0 Å². The lowest BCUT2D eigenvalue weighted by atomic mass is 10.9. The summed E-state index contributed by atoms with van der Waals surface area (Å²) in [6.07, 6.45) is 0. The first-order valence-corrected chi connectivity index (χ1v) is 1.55. The van der Waals surface area contributed by atoms with Crippen molar-refractivity contribution in [1.82, 2.24) is 0 Å². The molecule has 0 saturated carbocycles. The molecule has 0 rings (SSSR count). The van der Waals surface area contributed by atoms with E-state index in [2.05, 4.69) is 18.0 Å². The van der Waals surface area contributed by atoms with Gasteiger partial charge in [-0.15, -0.1) is 12.4 Å². The molecular formula is C4H4Cl2. The van der Waals surface area contributed by atoms with Gasteiger partial charge in [-0.1, -0.05) is 23.1 Å². The third-order valence-electron chi connectivity index (χ3n) is 0.157. The lowest BCUT2D eigenvalue weighted by molar-refractivity contribution is 2.32. The van der Waals surface area contributed by atoms with Crippen LogP contribution in [0.5, 0.6) is 0 Å². The Morgan fingerprint density at radius 2 is 2.17 bits per heavy atom. The molecule has 34 valence electrons. The molecule has 0 spiro atoms. The van der Waals surface area contributed by atoms with Crippen LogP contribution in [0.15, 0.2) is 23.6 Å². The van der Waals surface area contributed by atoms with Crippen LogP contribution in [0.3, 0.4) is 0 Å². The lowest BCUT2D eigenvalue weighted by Gasteiger charge is -1.37. The molecular weight excluding hydrogens is 119 g/mol. The molecule has 0 aliphatic rings. The Kier molecular flexibility index (Phi) is 13.7. The van der Waals surface area contributed by atoms with Gasteiger partial charge in [0.1, 0.15) is 0 Å². The Morgan fingerprint density at radius 1 is 1.67 bits per heavy atom. The van der Waals surface area contributed by atoms with Gasteiger partial charge >= 0.3 is 0 Å². The van der Waals surface area contributed by atoms with Crippen molar-refractivity contribution in [2.24, 2.45) is 0 Å². The Morgan fingerprint density at radius 3 is 2.17 bits per heavy atom. The van der Waals surface area contributed by atoms with Crippen LogP contribution in [-0.4, -0.2) is 0 Å². The molecule has 0 amide bonds. The highest BCUT2D eigenvalue weighted by atomic mass is 35.5. The molecule has 2 heteroatoms. The molecule has 0 unspecified atom stereocenters. The van der Waals surface area contributed by atoms with Gasteiger partial charge in [0.25, 0.3) is 0 Å². The Labute approximate surface area is 48.2 Å². The zero-order valence-electron chi connectivity index (χ0n) is 3.07. The smallest absolute Gasteiger partial charge is 0.0546 e. The SMILES string of the molecule is C=C=C=CCl.Cl. The second-order valence-electron chi connectivity index (χ2n) is 0.430. The Hall–Kier alpha value is -0.120. The van der Waals surface area contributed by atoms with Crippen molar-refractivity contribution in [3.63, 3.8) is 0 Å². The quantitative estimate of drug-likeness (QED) is 0.432. The molecule has 0 aliphatic carbocycles. The summed E-state index contributed by atoms with van der Waals surface area (Å²) in [5, 5.41) is 0. The molecule has 0 aromatic rings. The largest absolute Gasteiger partial charge is 0.147 e. The molecule has 0 N–H and O–H groups in total. The van der Waals surface area contributed by atoms with Crippen LogP contribution >= 0.6 is 24.0 Å². The third-order valence-corrected chi connectivity index (χ3v) is 0.266. The van der Waals surface area contributed by atoms with Crippen molar-refractivity contribution in [2.75, 3.05) is 0 Å². The minimum absolute atomic E-state index is 0. The van der Waals surface area contributed by atoms with E-state index in [-0.39, 0.29) is 12.4 Å². The first-order chi connectivity index (χ1) is 2.41. The van der Waals surface area contributed by atoms with Crippen LogP contribution in [0.2, 0.25) is 0 Å². The maximum absolute atomic E-state index is 4.96. The summed E-state index contributed by atoms with van der Waals surface area (Å²) in [6.45, 7) is 3.20. The van der Waals surface area contributed by atoms with E-state index in [9.17, 15) is 0 Å². The normalized spacial score (nSPS) is 3.50.